The van der Waals surface area contributed by atoms with Crippen LogP contribution in [0.1, 0.15) is 251 Å². The molecular weight excluding hydrogens is 628 g/mol. The molecule has 0 aromatic rings. The van der Waals surface area contributed by atoms with Gasteiger partial charge in [0.15, 0.2) is 0 Å². The minimum absolute atomic E-state index is 0. The van der Waals surface area contributed by atoms with Gasteiger partial charge in [0.2, 0.25) is 10.4 Å². The standard InChI is InChI=1S/C41H84O4S.K/c1-3-5-7-9-11-13-15-17-19-21-22-23-25-27-29-31-33-35-37-39-41(40-45-46(42,43)44)38-36-34-32-30-28-26-24-20-18-16-14-12-10-8-6-4-2;/h41H,3-40H2,1-2H3,(H,42,43,44);/q;+1/p-1. The first-order valence-electron chi connectivity index (χ1n) is 21.1. The molecule has 278 valence electrons. The molecule has 0 saturated carbocycles. The Balaban J connectivity index is 0. The zero-order chi connectivity index (χ0) is 33.7. The molecule has 0 heterocycles. The van der Waals surface area contributed by atoms with Gasteiger partial charge in [-0.25, -0.2) is 8.42 Å². The van der Waals surface area contributed by atoms with Crippen LogP contribution in [0.25, 0.3) is 0 Å². The Morgan fingerprint density at radius 2 is 0.574 bits per heavy atom. The van der Waals surface area contributed by atoms with E-state index >= 15 is 0 Å². The van der Waals surface area contributed by atoms with E-state index in [0.29, 0.717) is 0 Å². The second-order valence-corrected chi connectivity index (χ2v) is 15.9. The molecule has 0 aliphatic heterocycles. The van der Waals surface area contributed by atoms with Crippen LogP contribution < -0.4 is 51.4 Å². The third-order valence-corrected chi connectivity index (χ3v) is 10.6. The van der Waals surface area contributed by atoms with E-state index in [1.165, 1.54) is 212 Å². The smallest absolute Gasteiger partial charge is 0.726 e. The maximum atomic E-state index is 11.0. The van der Waals surface area contributed by atoms with Crippen molar-refractivity contribution in [2.24, 2.45) is 5.92 Å². The van der Waals surface area contributed by atoms with Crippen LogP contribution in [-0.2, 0) is 14.6 Å². The summed E-state index contributed by atoms with van der Waals surface area (Å²) in [6, 6.07) is 0. The van der Waals surface area contributed by atoms with Crippen molar-refractivity contribution in [3.63, 3.8) is 0 Å². The van der Waals surface area contributed by atoms with Gasteiger partial charge in [-0.05, 0) is 18.8 Å². The van der Waals surface area contributed by atoms with Crippen molar-refractivity contribution in [2.75, 3.05) is 6.61 Å². The van der Waals surface area contributed by atoms with E-state index in [1.54, 1.807) is 0 Å². The molecule has 0 aromatic heterocycles. The van der Waals surface area contributed by atoms with Crippen molar-refractivity contribution < 1.29 is 68.5 Å². The average molecular weight is 711 g/mol. The van der Waals surface area contributed by atoms with Gasteiger partial charge in [0.25, 0.3) is 0 Å². The maximum Gasteiger partial charge on any atom is 1.00 e. The summed E-state index contributed by atoms with van der Waals surface area (Å²) >= 11 is 0. The summed E-state index contributed by atoms with van der Waals surface area (Å²) in [4.78, 5) is 0. The molecule has 6 heteroatoms. The molecule has 0 saturated heterocycles. The van der Waals surface area contributed by atoms with E-state index in [-0.39, 0.29) is 63.9 Å². The first-order chi connectivity index (χ1) is 22.5. The normalized spacial score (nSPS) is 12.4. The van der Waals surface area contributed by atoms with Crippen LogP contribution in [0.2, 0.25) is 0 Å². The Labute approximate surface area is 339 Å². The first-order valence-corrected chi connectivity index (χ1v) is 22.4. The van der Waals surface area contributed by atoms with Gasteiger partial charge in [0.05, 0.1) is 6.61 Å². The second-order valence-electron chi connectivity index (χ2n) is 14.8. The number of hydrogen-bond donors (Lipinski definition) is 0. The van der Waals surface area contributed by atoms with Crippen molar-refractivity contribution in [2.45, 2.75) is 251 Å². The fraction of sp³-hybridized carbons (Fsp3) is 1.00. The SMILES string of the molecule is CCCCCCCCCCCCCCCCCCCCCC(CCCCCCCCCCCCCCCCCC)COS(=O)(=O)[O-].[K+]. The summed E-state index contributed by atoms with van der Waals surface area (Å²) in [5, 5.41) is 0. The first kappa shape index (κ1) is 50.6. The van der Waals surface area contributed by atoms with Crippen molar-refractivity contribution in [1.29, 1.82) is 0 Å². The van der Waals surface area contributed by atoms with Gasteiger partial charge in [-0.1, -0.05) is 239 Å². The molecule has 1 atom stereocenters. The van der Waals surface area contributed by atoms with E-state index in [4.69, 9.17) is 0 Å². The van der Waals surface area contributed by atoms with Gasteiger partial charge in [-0.3, -0.25) is 4.18 Å². The molecule has 0 radical (unpaired) electrons. The van der Waals surface area contributed by atoms with Gasteiger partial charge >= 0.3 is 51.4 Å². The van der Waals surface area contributed by atoms with Gasteiger partial charge < -0.3 is 4.55 Å². The molecule has 0 N–H and O–H groups in total. The maximum absolute atomic E-state index is 11.0. The Morgan fingerprint density at radius 1 is 0.383 bits per heavy atom. The summed E-state index contributed by atoms with van der Waals surface area (Å²) in [7, 11) is -4.59. The Kier molecular flexibility index (Phi) is 45.1. The van der Waals surface area contributed by atoms with Crippen molar-refractivity contribution >= 4 is 10.4 Å². The molecule has 0 fully saturated rings. The van der Waals surface area contributed by atoms with E-state index in [0.717, 1.165) is 25.7 Å². The minimum Gasteiger partial charge on any atom is -0.726 e. The van der Waals surface area contributed by atoms with Gasteiger partial charge in [0, 0.05) is 0 Å². The van der Waals surface area contributed by atoms with E-state index < -0.39 is 10.4 Å². The molecule has 0 rings (SSSR count). The molecule has 0 aromatic carbocycles. The molecule has 0 aliphatic carbocycles. The molecule has 0 spiro atoms. The fourth-order valence-electron chi connectivity index (χ4n) is 6.98. The van der Waals surface area contributed by atoms with Crippen molar-refractivity contribution in [3.8, 4) is 0 Å². The van der Waals surface area contributed by atoms with E-state index in [9.17, 15) is 13.0 Å². The van der Waals surface area contributed by atoms with Gasteiger partial charge in [-0.2, -0.15) is 0 Å². The number of unbranched alkanes of at least 4 members (excludes halogenated alkanes) is 33. The average Bonchev–Trinajstić information content (AvgIpc) is 3.03. The summed E-state index contributed by atoms with van der Waals surface area (Å²) < 4.78 is 37.8. The molecule has 0 bridgehead atoms. The topological polar surface area (TPSA) is 66.4 Å². The zero-order valence-corrected chi connectivity index (χ0v) is 36.4. The van der Waals surface area contributed by atoms with Crippen LogP contribution in [0.3, 0.4) is 0 Å². The van der Waals surface area contributed by atoms with E-state index in [2.05, 4.69) is 18.0 Å². The van der Waals surface area contributed by atoms with Crippen molar-refractivity contribution in [3.05, 3.63) is 0 Å². The fourth-order valence-corrected chi connectivity index (χ4v) is 7.34. The van der Waals surface area contributed by atoms with Crippen LogP contribution in [0.15, 0.2) is 0 Å². The predicted octanol–water partition coefficient (Wildman–Crippen LogP) is 11.6. The summed E-state index contributed by atoms with van der Waals surface area (Å²) in [6.45, 7) is 4.64. The Morgan fingerprint density at radius 3 is 0.766 bits per heavy atom. The predicted molar refractivity (Wildman–Crippen MR) is 201 cm³/mol. The second kappa shape index (κ2) is 41.9. The Hall–Kier alpha value is 1.51. The summed E-state index contributed by atoms with van der Waals surface area (Å²) in [5.41, 5.74) is 0. The summed E-state index contributed by atoms with van der Waals surface area (Å²) in [5.74, 6) is 0.196. The molecule has 47 heavy (non-hydrogen) atoms. The minimum atomic E-state index is -4.59. The molecule has 0 amide bonds. The molecule has 0 aliphatic rings. The largest absolute Gasteiger partial charge is 1.00 e. The quantitative estimate of drug-likeness (QED) is 0.0275. The van der Waals surface area contributed by atoms with Crippen LogP contribution in [0, 0.1) is 5.92 Å². The monoisotopic (exact) mass is 711 g/mol. The van der Waals surface area contributed by atoms with Crippen molar-refractivity contribution in [1.82, 2.24) is 0 Å². The Bertz CT molecular complexity index is 672. The molecule has 1 unspecified atom stereocenters. The molecule has 4 nitrogen and oxygen atoms in total. The molecular formula is C41H83KO4S. The van der Waals surface area contributed by atoms with Crippen LogP contribution in [0.4, 0.5) is 0 Å². The van der Waals surface area contributed by atoms with Crippen LogP contribution >= 0.6 is 0 Å². The number of hydrogen-bond acceptors (Lipinski definition) is 4. The zero-order valence-electron chi connectivity index (χ0n) is 32.5. The van der Waals surface area contributed by atoms with Crippen LogP contribution in [-0.4, -0.2) is 19.6 Å². The van der Waals surface area contributed by atoms with Crippen LogP contribution in [0.5, 0.6) is 0 Å². The number of rotatable bonds is 40. The van der Waals surface area contributed by atoms with Gasteiger partial charge in [0.1, 0.15) is 0 Å². The van der Waals surface area contributed by atoms with E-state index in [1.807, 2.05) is 0 Å². The third kappa shape index (κ3) is 45.5. The van der Waals surface area contributed by atoms with Gasteiger partial charge in [-0.15, -0.1) is 0 Å². The summed E-state index contributed by atoms with van der Waals surface area (Å²) in [6.07, 6.45) is 49.7. The third-order valence-electron chi connectivity index (χ3n) is 10.1.